The second-order valence-electron chi connectivity index (χ2n) is 5.15. The van der Waals surface area contributed by atoms with Crippen LogP contribution in [-0.4, -0.2) is 5.96 Å². The number of aliphatic imine (C=N–C) groups is 1. The summed E-state index contributed by atoms with van der Waals surface area (Å²) in [6.07, 6.45) is 0. The molecule has 4 nitrogen and oxygen atoms in total. The summed E-state index contributed by atoms with van der Waals surface area (Å²) in [5.41, 5.74) is 7.33. The highest BCUT2D eigenvalue weighted by Gasteiger charge is 2.11. The Morgan fingerprint density at radius 3 is 2.68 bits per heavy atom. The molecule has 3 N–H and O–H groups in total. The lowest BCUT2D eigenvalue weighted by Crippen LogP contribution is -2.34. The first kappa shape index (κ1) is 21.5. The summed E-state index contributed by atoms with van der Waals surface area (Å²) in [5.74, 6) is -0.283. The third kappa shape index (κ3) is 6.03. The molecule has 2 rings (SSSR count). The molecule has 0 aliphatic rings. The Balaban J connectivity index is 0.00000312. The van der Waals surface area contributed by atoms with Crippen LogP contribution in [0.4, 0.5) is 4.39 Å². The molecule has 1 unspecified atom stereocenters. The first-order chi connectivity index (χ1) is 11.4. The molecule has 1 atom stereocenters. The first-order valence-corrected chi connectivity index (χ1v) is 7.86. The zero-order valence-electron chi connectivity index (χ0n) is 13.3. The van der Waals surface area contributed by atoms with Gasteiger partial charge >= 0.3 is 0 Å². The summed E-state index contributed by atoms with van der Waals surface area (Å²) in [5, 5.41) is 12.9. The first-order valence-electron chi connectivity index (χ1n) is 7.10. The summed E-state index contributed by atoms with van der Waals surface area (Å²) < 4.78 is 13.7. The number of hydrogen-bond acceptors (Lipinski definition) is 2. The normalized spacial score (nSPS) is 12.0. The maximum atomic E-state index is 13.7. The molecule has 2 aromatic carbocycles. The number of nitriles is 1. The molecule has 2 aromatic rings. The fraction of sp³-hybridized carbons (Fsp3) is 0.176. The Bertz CT molecular complexity index is 821. The summed E-state index contributed by atoms with van der Waals surface area (Å²) in [6.45, 7) is 1.90. The van der Waals surface area contributed by atoms with Gasteiger partial charge in [-0.05, 0) is 42.8 Å². The Hall–Kier alpha value is -1.56. The molecular weight excluding hydrogens is 477 g/mol. The highest BCUT2D eigenvalue weighted by molar-refractivity contribution is 14.0. The van der Waals surface area contributed by atoms with E-state index >= 15 is 0 Å². The van der Waals surface area contributed by atoms with E-state index < -0.39 is 5.82 Å². The van der Waals surface area contributed by atoms with Crippen molar-refractivity contribution in [3.63, 3.8) is 0 Å². The number of hydrogen-bond donors (Lipinski definition) is 2. The SMILES string of the molecule is CC(NC(N)=NCc1cc(C#N)ccc1F)c1ccc(Cl)cc1Cl.I. The largest absolute Gasteiger partial charge is 0.370 e. The fourth-order valence-electron chi connectivity index (χ4n) is 2.13. The number of guanidine groups is 1. The second kappa shape index (κ2) is 9.80. The van der Waals surface area contributed by atoms with Gasteiger partial charge < -0.3 is 11.1 Å². The predicted octanol–water partition coefficient (Wildman–Crippen LogP) is 4.79. The van der Waals surface area contributed by atoms with Crippen molar-refractivity contribution in [2.75, 3.05) is 0 Å². The van der Waals surface area contributed by atoms with Gasteiger partial charge in [0.15, 0.2) is 5.96 Å². The zero-order valence-corrected chi connectivity index (χ0v) is 17.1. The van der Waals surface area contributed by atoms with Crippen LogP contribution in [-0.2, 0) is 6.54 Å². The number of nitrogens with two attached hydrogens (primary N) is 1. The third-order valence-corrected chi connectivity index (χ3v) is 3.95. The van der Waals surface area contributed by atoms with E-state index in [1.165, 1.54) is 18.2 Å². The van der Waals surface area contributed by atoms with Crippen LogP contribution >= 0.6 is 47.2 Å². The average molecular weight is 493 g/mol. The van der Waals surface area contributed by atoms with E-state index in [9.17, 15) is 4.39 Å². The number of benzene rings is 2. The van der Waals surface area contributed by atoms with Crippen LogP contribution in [0.15, 0.2) is 41.4 Å². The van der Waals surface area contributed by atoms with Crippen molar-refractivity contribution in [3.05, 3.63) is 69.0 Å². The Kier molecular flexibility index (Phi) is 8.42. The molecule has 0 aromatic heterocycles. The topological polar surface area (TPSA) is 74.2 Å². The van der Waals surface area contributed by atoms with Gasteiger partial charge in [-0.2, -0.15) is 5.26 Å². The molecule has 0 radical (unpaired) electrons. The maximum absolute atomic E-state index is 13.7. The third-order valence-electron chi connectivity index (χ3n) is 3.39. The molecule has 132 valence electrons. The molecule has 25 heavy (non-hydrogen) atoms. The van der Waals surface area contributed by atoms with Crippen LogP contribution < -0.4 is 11.1 Å². The number of rotatable bonds is 4. The van der Waals surface area contributed by atoms with Gasteiger partial charge in [0.05, 0.1) is 24.2 Å². The summed E-state index contributed by atoms with van der Waals surface area (Å²) >= 11 is 12.0. The van der Waals surface area contributed by atoms with E-state index in [0.29, 0.717) is 21.2 Å². The van der Waals surface area contributed by atoms with E-state index in [1.807, 2.05) is 13.0 Å². The molecule has 8 heteroatoms. The minimum absolute atomic E-state index is 0. The second-order valence-corrected chi connectivity index (χ2v) is 5.99. The Morgan fingerprint density at radius 1 is 1.32 bits per heavy atom. The van der Waals surface area contributed by atoms with E-state index in [0.717, 1.165) is 5.56 Å². The number of nitrogens with zero attached hydrogens (tertiary/aromatic N) is 2. The summed E-state index contributed by atoms with van der Waals surface area (Å²) in [7, 11) is 0. The maximum Gasteiger partial charge on any atom is 0.189 e. The lowest BCUT2D eigenvalue weighted by molar-refractivity contribution is 0.610. The van der Waals surface area contributed by atoms with Crippen LogP contribution in [0.2, 0.25) is 10.0 Å². The van der Waals surface area contributed by atoms with Crippen molar-refractivity contribution < 1.29 is 4.39 Å². The van der Waals surface area contributed by atoms with E-state index in [-0.39, 0.29) is 42.5 Å². The molecule has 0 saturated carbocycles. The molecule has 0 bridgehead atoms. The lowest BCUT2D eigenvalue weighted by atomic mass is 10.1. The van der Waals surface area contributed by atoms with Gasteiger partial charge in [-0.15, -0.1) is 24.0 Å². The number of halogens is 4. The standard InChI is InChI=1S/C17H15Cl2FN4.HI/c1-10(14-4-3-13(18)7-15(14)19)24-17(22)23-9-12-6-11(8-21)2-5-16(12)20;/h2-7,10H,9H2,1H3,(H3,22,23,24);1H. The molecule has 0 aliphatic carbocycles. The monoisotopic (exact) mass is 492 g/mol. The van der Waals surface area contributed by atoms with Crippen LogP contribution in [0.1, 0.15) is 29.7 Å². The average Bonchev–Trinajstić information content (AvgIpc) is 2.53. The molecule has 0 aliphatic heterocycles. The Morgan fingerprint density at radius 2 is 2.04 bits per heavy atom. The smallest absolute Gasteiger partial charge is 0.189 e. The fourth-order valence-corrected chi connectivity index (χ4v) is 2.71. The minimum Gasteiger partial charge on any atom is -0.370 e. The van der Waals surface area contributed by atoms with Crippen molar-refractivity contribution in [1.82, 2.24) is 5.32 Å². The van der Waals surface area contributed by atoms with Crippen molar-refractivity contribution in [3.8, 4) is 6.07 Å². The van der Waals surface area contributed by atoms with Crippen LogP contribution in [0, 0.1) is 17.1 Å². The molecule has 0 fully saturated rings. The highest BCUT2D eigenvalue weighted by Crippen LogP contribution is 2.25. The van der Waals surface area contributed by atoms with Crippen molar-refractivity contribution in [2.45, 2.75) is 19.5 Å². The van der Waals surface area contributed by atoms with Gasteiger partial charge in [0, 0.05) is 15.6 Å². The molecular formula is C17H16Cl2FIN4. The summed E-state index contributed by atoms with van der Waals surface area (Å²) in [6, 6.07) is 11.0. The van der Waals surface area contributed by atoms with E-state index in [4.69, 9.17) is 34.2 Å². The molecule has 0 heterocycles. The van der Waals surface area contributed by atoms with Gasteiger partial charge in [-0.3, -0.25) is 0 Å². The van der Waals surface area contributed by atoms with Crippen LogP contribution in [0.3, 0.4) is 0 Å². The quantitative estimate of drug-likeness (QED) is 0.366. The summed E-state index contributed by atoms with van der Waals surface area (Å²) in [4.78, 5) is 4.11. The minimum atomic E-state index is -0.431. The van der Waals surface area contributed by atoms with E-state index in [2.05, 4.69) is 10.3 Å². The number of nitrogens with one attached hydrogen (secondary N) is 1. The van der Waals surface area contributed by atoms with Crippen LogP contribution in [0.5, 0.6) is 0 Å². The predicted molar refractivity (Wildman–Crippen MR) is 110 cm³/mol. The molecule has 0 saturated heterocycles. The van der Waals surface area contributed by atoms with E-state index in [1.54, 1.807) is 18.2 Å². The highest BCUT2D eigenvalue weighted by atomic mass is 127. The van der Waals surface area contributed by atoms with Gasteiger partial charge in [-0.25, -0.2) is 9.38 Å². The van der Waals surface area contributed by atoms with Crippen molar-refractivity contribution in [1.29, 1.82) is 5.26 Å². The van der Waals surface area contributed by atoms with Crippen molar-refractivity contribution >= 4 is 53.1 Å². The van der Waals surface area contributed by atoms with Crippen molar-refractivity contribution in [2.24, 2.45) is 10.7 Å². The van der Waals surface area contributed by atoms with Gasteiger partial charge in [0.25, 0.3) is 0 Å². The lowest BCUT2D eigenvalue weighted by Gasteiger charge is -2.16. The van der Waals surface area contributed by atoms with Gasteiger partial charge in [0.1, 0.15) is 5.82 Å². The molecule has 0 amide bonds. The molecule has 0 spiro atoms. The zero-order chi connectivity index (χ0) is 17.7. The van der Waals surface area contributed by atoms with Crippen LogP contribution in [0.25, 0.3) is 0 Å². The van der Waals surface area contributed by atoms with Gasteiger partial charge in [-0.1, -0.05) is 29.3 Å². The van der Waals surface area contributed by atoms with Gasteiger partial charge in [0.2, 0.25) is 0 Å². The Labute approximate surface area is 172 Å².